The summed E-state index contributed by atoms with van der Waals surface area (Å²) >= 11 is 7.68. The van der Waals surface area contributed by atoms with Crippen molar-refractivity contribution in [1.82, 2.24) is 4.98 Å². The van der Waals surface area contributed by atoms with Crippen molar-refractivity contribution in [3.05, 3.63) is 40.4 Å². The Morgan fingerprint density at radius 3 is 2.53 bits per heavy atom. The molecule has 90 valence electrons. The summed E-state index contributed by atoms with van der Waals surface area (Å²) in [6.07, 6.45) is 0. The van der Waals surface area contributed by atoms with Gasteiger partial charge in [0.05, 0.1) is 16.4 Å². The number of nitrogens with zero attached hydrogens (tertiary/aromatic N) is 1. The summed E-state index contributed by atoms with van der Waals surface area (Å²) in [5, 5.41) is 6.91. The van der Waals surface area contributed by atoms with E-state index in [-0.39, 0.29) is 5.41 Å². The van der Waals surface area contributed by atoms with Crippen molar-refractivity contribution in [1.29, 1.82) is 0 Å². The average Bonchev–Trinajstić information content (AvgIpc) is 2.69. The maximum absolute atomic E-state index is 6.09. The van der Waals surface area contributed by atoms with E-state index >= 15 is 0 Å². The van der Waals surface area contributed by atoms with Crippen LogP contribution in [0.4, 0.5) is 10.8 Å². The Balaban J connectivity index is 2.21. The van der Waals surface area contributed by atoms with Gasteiger partial charge in [0, 0.05) is 10.8 Å². The molecule has 1 heterocycles. The van der Waals surface area contributed by atoms with Crippen molar-refractivity contribution in [2.75, 3.05) is 5.32 Å². The molecule has 1 aromatic carbocycles. The Morgan fingerprint density at radius 1 is 1.24 bits per heavy atom. The summed E-state index contributed by atoms with van der Waals surface area (Å²) in [6.45, 7) is 6.46. The minimum absolute atomic E-state index is 0.0803. The third-order valence-electron chi connectivity index (χ3n) is 2.39. The second-order valence-electron chi connectivity index (χ2n) is 4.89. The lowest BCUT2D eigenvalue weighted by Crippen LogP contribution is -2.11. The van der Waals surface area contributed by atoms with E-state index in [9.17, 15) is 0 Å². The third kappa shape index (κ3) is 2.99. The maximum Gasteiger partial charge on any atom is 0.187 e. The molecule has 2 aromatic rings. The van der Waals surface area contributed by atoms with E-state index in [1.165, 1.54) is 0 Å². The Bertz CT molecular complexity index is 514. The van der Waals surface area contributed by atoms with Crippen LogP contribution in [0.15, 0.2) is 29.6 Å². The van der Waals surface area contributed by atoms with Gasteiger partial charge in [-0.2, -0.15) is 0 Å². The first-order valence-corrected chi connectivity index (χ1v) is 6.70. The standard InChI is InChI=1S/C13H15ClN2S/c1-13(2,3)11-8-17-12(16-11)15-10-7-5-4-6-9(10)14/h4-8H,1-3H3,(H,15,16). The minimum Gasteiger partial charge on any atom is -0.330 e. The second-order valence-corrected chi connectivity index (χ2v) is 6.16. The molecule has 0 radical (unpaired) electrons. The topological polar surface area (TPSA) is 24.9 Å². The zero-order chi connectivity index (χ0) is 12.5. The maximum atomic E-state index is 6.09. The number of benzene rings is 1. The van der Waals surface area contributed by atoms with Gasteiger partial charge in [-0.15, -0.1) is 11.3 Å². The van der Waals surface area contributed by atoms with Gasteiger partial charge >= 0.3 is 0 Å². The van der Waals surface area contributed by atoms with Crippen LogP contribution in [0.2, 0.25) is 5.02 Å². The number of nitrogens with one attached hydrogen (secondary N) is 1. The number of para-hydroxylation sites is 1. The smallest absolute Gasteiger partial charge is 0.187 e. The van der Waals surface area contributed by atoms with Crippen LogP contribution in [0.1, 0.15) is 26.5 Å². The van der Waals surface area contributed by atoms with Crippen molar-refractivity contribution in [2.24, 2.45) is 0 Å². The number of hydrogen-bond acceptors (Lipinski definition) is 3. The summed E-state index contributed by atoms with van der Waals surface area (Å²) < 4.78 is 0. The van der Waals surface area contributed by atoms with Gasteiger partial charge in [0.25, 0.3) is 0 Å². The molecule has 0 spiro atoms. The van der Waals surface area contributed by atoms with Gasteiger partial charge in [0.2, 0.25) is 0 Å². The van der Waals surface area contributed by atoms with Gasteiger partial charge < -0.3 is 5.32 Å². The molecule has 0 saturated carbocycles. The van der Waals surface area contributed by atoms with Gasteiger partial charge in [-0.1, -0.05) is 44.5 Å². The van der Waals surface area contributed by atoms with Crippen LogP contribution < -0.4 is 5.32 Å². The number of aromatic nitrogens is 1. The Labute approximate surface area is 111 Å². The monoisotopic (exact) mass is 266 g/mol. The highest BCUT2D eigenvalue weighted by molar-refractivity contribution is 7.13. The summed E-state index contributed by atoms with van der Waals surface area (Å²) in [5.41, 5.74) is 2.07. The van der Waals surface area contributed by atoms with Crippen LogP contribution in [0, 0.1) is 0 Å². The van der Waals surface area contributed by atoms with E-state index in [4.69, 9.17) is 11.6 Å². The Kier molecular flexibility index (Phi) is 3.40. The van der Waals surface area contributed by atoms with Gasteiger partial charge in [-0.05, 0) is 12.1 Å². The van der Waals surface area contributed by atoms with E-state index < -0.39 is 0 Å². The number of halogens is 1. The van der Waals surface area contributed by atoms with Crippen molar-refractivity contribution < 1.29 is 0 Å². The van der Waals surface area contributed by atoms with E-state index in [2.05, 4.69) is 36.5 Å². The largest absolute Gasteiger partial charge is 0.330 e. The van der Waals surface area contributed by atoms with E-state index in [0.29, 0.717) is 5.02 Å². The van der Waals surface area contributed by atoms with Gasteiger partial charge in [0.15, 0.2) is 5.13 Å². The molecule has 0 aliphatic carbocycles. The average molecular weight is 267 g/mol. The van der Waals surface area contributed by atoms with Gasteiger partial charge in [0.1, 0.15) is 0 Å². The van der Waals surface area contributed by atoms with Gasteiger partial charge in [-0.25, -0.2) is 4.98 Å². The molecule has 2 rings (SSSR count). The van der Waals surface area contributed by atoms with Crippen LogP contribution >= 0.6 is 22.9 Å². The van der Waals surface area contributed by atoms with Crippen molar-refractivity contribution in [3.8, 4) is 0 Å². The Hall–Kier alpha value is -1.06. The van der Waals surface area contributed by atoms with E-state index in [1.54, 1.807) is 11.3 Å². The van der Waals surface area contributed by atoms with Crippen molar-refractivity contribution in [2.45, 2.75) is 26.2 Å². The molecular weight excluding hydrogens is 252 g/mol. The molecule has 0 saturated heterocycles. The van der Waals surface area contributed by atoms with E-state index in [0.717, 1.165) is 16.5 Å². The van der Waals surface area contributed by atoms with Crippen LogP contribution in [0.5, 0.6) is 0 Å². The fraction of sp³-hybridized carbons (Fsp3) is 0.308. The lowest BCUT2D eigenvalue weighted by atomic mass is 9.93. The third-order valence-corrected chi connectivity index (χ3v) is 3.48. The molecule has 0 atom stereocenters. The first kappa shape index (κ1) is 12.4. The molecule has 2 nitrogen and oxygen atoms in total. The molecule has 0 fully saturated rings. The van der Waals surface area contributed by atoms with Crippen molar-refractivity contribution >= 4 is 33.8 Å². The van der Waals surface area contributed by atoms with E-state index in [1.807, 2.05) is 24.3 Å². The lowest BCUT2D eigenvalue weighted by Gasteiger charge is -2.14. The number of rotatable bonds is 2. The first-order chi connectivity index (χ1) is 7.97. The summed E-state index contributed by atoms with van der Waals surface area (Å²) in [6, 6.07) is 7.67. The summed E-state index contributed by atoms with van der Waals surface area (Å²) in [7, 11) is 0. The molecule has 1 N–H and O–H groups in total. The summed E-state index contributed by atoms with van der Waals surface area (Å²) in [5.74, 6) is 0. The first-order valence-electron chi connectivity index (χ1n) is 5.44. The number of hydrogen-bond donors (Lipinski definition) is 1. The number of anilines is 2. The zero-order valence-electron chi connectivity index (χ0n) is 10.1. The summed E-state index contributed by atoms with van der Waals surface area (Å²) in [4.78, 5) is 4.57. The van der Waals surface area contributed by atoms with Crippen LogP contribution in [0.25, 0.3) is 0 Å². The molecule has 0 aliphatic heterocycles. The van der Waals surface area contributed by atoms with Crippen LogP contribution in [-0.2, 0) is 5.41 Å². The molecule has 0 unspecified atom stereocenters. The second kappa shape index (κ2) is 4.67. The molecule has 1 aromatic heterocycles. The predicted octanol–water partition coefficient (Wildman–Crippen LogP) is 4.84. The SMILES string of the molecule is CC(C)(C)c1csc(Nc2ccccc2Cl)n1. The van der Waals surface area contributed by atoms with Crippen LogP contribution in [0.3, 0.4) is 0 Å². The quantitative estimate of drug-likeness (QED) is 0.841. The normalized spacial score (nSPS) is 11.5. The minimum atomic E-state index is 0.0803. The van der Waals surface area contributed by atoms with Gasteiger partial charge in [-0.3, -0.25) is 0 Å². The molecule has 17 heavy (non-hydrogen) atoms. The molecule has 4 heteroatoms. The fourth-order valence-corrected chi connectivity index (χ4v) is 2.49. The zero-order valence-corrected chi connectivity index (χ0v) is 11.7. The van der Waals surface area contributed by atoms with Crippen molar-refractivity contribution in [3.63, 3.8) is 0 Å². The molecule has 0 amide bonds. The Morgan fingerprint density at radius 2 is 1.94 bits per heavy atom. The highest BCUT2D eigenvalue weighted by Gasteiger charge is 2.17. The number of thiazole rings is 1. The highest BCUT2D eigenvalue weighted by atomic mass is 35.5. The molecular formula is C13H15ClN2S. The predicted molar refractivity (Wildman–Crippen MR) is 75.5 cm³/mol. The molecule has 0 bridgehead atoms. The highest BCUT2D eigenvalue weighted by Crippen LogP contribution is 2.30. The molecule has 0 aliphatic rings. The lowest BCUT2D eigenvalue weighted by molar-refractivity contribution is 0.573. The fourth-order valence-electron chi connectivity index (χ4n) is 1.35. The van der Waals surface area contributed by atoms with Crippen LogP contribution in [-0.4, -0.2) is 4.98 Å².